The lowest BCUT2D eigenvalue weighted by Gasteiger charge is -2.37. The van der Waals surface area contributed by atoms with Gasteiger partial charge in [-0.05, 0) is 37.1 Å². The molecule has 1 atom stereocenters. The van der Waals surface area contributed by atoms with Crippen molar-refractivity contribution in [3.63, 3.8) is 0 Å². The smallest absolute Gasteiger partial charge is 0.123 e. The summed E-state index contributed by atoms with van der Waals surface area (Å²) in [7, 11) is 1.75. The number of nitrogens with zero attached hydrogens (tertiary/aromatic N) is 2. The van der Waals surface area contributed by atoms with Gasteiger partial charge in [-0.2, -0.15) is 0 Å². The Morgan fingerprint density at radius 3 is 3.00 bits per heavy atom. The molecule has 2 fully saturated rings. The number of benzene rings is 1. The Kier molecular flexibility index (Phi) is 4.24. The van der Waals surface area contributed by atoms with Gasteiger partial charge in [0.05, 0.1) is 7.11 Å². The summed E-state index contributed by atoms with van der Waals surface area (Å²) in [6, 6.07) is 7.06. The third-order valence-electron chi connectivity index (χ3n) is 4.65. The second-order valence-electron chi connectivity index (χ2n) is 5.92. The van der Waals surface area contributed by atoms with Crippen LogP contribution < -0.4 is 10.5 Å². The highest BCUT2D eigenvalue weighted by Crippen LogP contribution is 2.26. The highest BCUT2D eigenvalue weighted by Gasteiger charge is 2.30. The van der Waals surface area contributed by atoms with Crippen LogP contribution in [0.25, 0.3) is 0 Å². The molecule has 0 spiro atoms. The van der Waals surface area contributed by atoms with Gasteiger partial charge in [0.15, 0.2) is 0 Å². The molecule has 2 aliphatic rings. The Labute approximate surface area is 121 Å². The molecule has 1 aromatic carbocycles. The fourth-order valence-corrected chi connectivity index (χ4v) is 3.52. The summed E-state index contributed by atoms with van der Waals surface area (Å²) >= 11 is 0. The van der Waals surface area contributed by atoms with Crippen LogP contribution in [0.3, 0.4) is 0 Å². The van der Waals surface area contributed by atoms with Crippen molar-refractivity contribution in [2.24, 2.45) is 5.73 Å². The number of hydrogen-bond acceptors (Lipinski definition) is 4. The zero-order chi connectivity index (χ0) is 13.9. The number of hydrogen-bond donors (Lipinski definition) is 1. The van der Waals surface area contributed by atoms with E-state index in [1.165, 1.54) is 43.6 Å². The zero-order valence-corrected chi connectivity index (χ0v) is 12.3. The fraction of sp³-hybridized carbons (Fsp3) is 0.625. The molecule has 20 heavy (non-hydrogen) atoms. The van der Waals surface area contributed by atoms with E-state index in [0.717, 1.165) is 24.9 Å². The van der Waals surface area contributed by atoms with Gasteiger partial charge in [-0.1, -0.05) is 6.07 Å². The molecule has 0 bridgehead atoms. The number of nitrogens with two attached hydrogens (primary N) is 1. The van der Waals surface area contributed by atoms with Crippen molar-refractivity contribution in [2.75, 3.05) is 33.3 Å². The van der Waals surface area contributed by atoms with Crippen LogP contribution in [0.1, 0.15) is 24.0 Å². The monoisotopic (exact) mass is 275 g/mol. The quantitative estimate of drug-likeness (QED) is 0.903. The van der Waals surface area contributed by atoms with E-state index in [4.69, 9.17) is 10.5 Å². The van der Waals surface area contributed by atoms with E-state index in [2.05, 4.69) is 21.9 Å². The fourth-order valence-electron chi connectivity index (χ4n) is 3.52. The van der Waals surface area contributed by atoms with E-state index in [1.54, 1.807) is 7.11 Å². The van der Waals surface area contributed by atoms with Gasteiger partial charge in [-0.15, -0.1) is 0 Å². The first kappa shape index (κ1) is 13.9. The summed E-state index contributed by atoms with van der Waals surface area (Å²) in [6.45, 7) is 6.42. The Bertz CT molecular complexity index is 463. The Morgan fingerprint density at radius 2 is 2.20 bits per heavy atom. The van der Waals surface area contributed by atoms with E-state index in [1.807, 2.05) is 6.07 Å². The van der Waals surface area contributed by atoms with Crippen molar-refractivity contribution in [3.05, 3.63) is 29.3 Å². The van der Waals surface area contributed by atoms with Crippen molar-refractivity contribution in [1.82, 2.24) is 9.80 Å². The van der Waals surface area contributed by atoms with Gasteiger partial charge in [0.2, 0.25) is 0 Å². The standard InChI is InChI=1S/C16H25N3O/c1-20-16-5-4-13(10-17)9-14(16)11-18-7-8-19-6-2-3-15(19)12-18/h4-5,9,15H,2-3,6-8,10-12,17H2,1H3. The SMILES string of the molecule is COc1ccc(CN)cc1CN1CCN2CCCC2C1. The van der Waals surface area contributed by atoms with Gasteiger partial charge in [-0.3, -0.25) is 9.80 Å². The topological polar surface area (TPSA) is 41.7 Å². The van der Waals surface area contributed by atoms with Crippen LogP contribution in [0, 0.1) is 0 Å². The maximum atomic E-state index is 5.75. The van der Waals surface area contributed by atoms with Crippen molar-refractivity contribution < 1.29 is 4.74 Å². The lowest BCUT2D eigenvalue weighted by molar-refractivity contribution is 0.0987. The molecule has 2 aliphatic heterocycles. The number of methoxy groups -OCH3 is 1. The number of fused-ring (bicyclic) bond motifs is 1. The molecule has 110 valence electrons. The van der Waals surface area contributed by atoms with E-state index in [-0.39, 0.29) is 0 Å². The molecule has 4 nitrogen and oxygen atoms in total. The van der Waals surface area contributed by atoms with Crippen molar-refractivity contribution in [2.45, 2.75) is 32.0 Å². The zero-order valence-electron chi connectivity index (χ0n) is 12.3. The second-order valence-corrected chi connectivity index (χ2v) is 5.92. The first-order valence-corrected chi connectivity index (χ1v) is 7.62. The van der Waals surface area contributed by atoms with Gasteiger partial charge < -0.3 is 10.5 Å². The van der Waals surface area contributed by atoms with Crippen LogP contribution in [0.5, 0.6) is 5.75 Å². The molecule has 1 unspecified atom stereocenters. The summed E-state index contributed by atoms with van der Waals surface area (Å²) in [5.41, 5.74) is 8.20. The molecule has 4 heteroatoms. The van der Waals surface area contributed by atoms with E-state index in [0.29, 0.717) is 6.54 Å². The third-order valence-corrected chi connectivity index (χ3v) is 4.65. The summed E-state index contributed by atoms with van der Waals surface area (Å²) in [5.74, 6) is 0.982. The average molecular weight is 275 g/mol. The van der Waals surface area contributed by atoms with E-state index in [9.17, 15) is 0 Å². The maximum absolute atomic E-state index is 5.75. The van der Waals surface area contributed by atoms with Gasteiger partial charge in [0.25, 0.3) is 0 Å². The summed E-state index contributed by atoms with van der Waals surface area (Å²) in [6.07, 6.45) is 2.72. The first-order chi connectivity index (χ1) is 9.80. The Morgan fingerprint density at radius 1 is 1.30 bits per heavy atom. The molecular weight excluding hydrogens is 250 g/mol. The van der Waals surface area contributed by atoms with Crippen LogP contribution >= 0.6 is 0 Å². The largest absolute Gasteiger partial charge is 0.496 e. The molecule has 0 saturated carbocycles. The van der Waals surface area contributed by atoms with Crippen molar-refractivity contribution >= 4 is 0 Å². The highest BCUT2D eigenvalue weighted by atomic mass is 16.5. The first-order valence-electron chi connectivity index (χ1n) is 7.62. The predicted molar refractivity (Wildman–Crippen MR) is 80.8 cm³/mol. The van der Waals surface area contributed by atoms with E-state index < -0.39 is 0 Å². The van der Waals surface area contributed by atoms with E-state index >= 15 is 0 Å². The normalized spacial score (nSPS) is 23.8. The molecule has 2 N–H and O–H groups in total. The lowest BCUT2D eigenvalue weighted by Crippen LogP contribution is -2.49. The second kappa shape index (κ2) is 6.12. The Balaban J connectivity index is 1.70. The van der Waals surface area contributed by atoms with Gasteiger partial charge in [-0.25, -0.2) is 0 Å². The molecule has 0 aliphatic carbocycles. The molecule has 1 aromatic rings. The number of rotatable bonds is 4. The van der Waals surface area contributed by atoms with Crippen LogP contribution in [-0.4, -0.2) is 49.1 Å². The van der Waals surface area contributed by atoms with Crippen molar-refractivity contribution in [3.8, 4) is 5.75 Å². The summed E-state index contributed by atoms with van der Waals surface area (Å²) in [4.78, 5) is 5.20. The predicted octanol–water partition coefficient (Wildman–Crippen LogP) is 1.43. The summed E-state index contributed by atoms with van der Waals surface area (Å²) < 4.78 is 5.50. The highest BCUT2D eigenvalue weighted by molar-refractivity contribution is 5.37. The summed E-state index contributed by atoms with van der Waals surface area (Å²) in [5, 5.41) is 0. The van der Waals surface area contributed by atoms with Crippen LogP contribution in [0.4, 0.5) is 0 Å². The van der Waals surface area contributed by atoms with Crippen LogP contribution in [-0.2, 0) is 13.1 Å². The molecule has 2 saturated heterocycles. The lowest BCUT2D eigenvalue weighted by atomic mass is 10.1. The molecule has 2 heterocycles. The van der Waals surface area contributed by atoms with Gasteiger partial charge in [0.1, 0.15) is 5.75 Å². The minimum absolute atomic E-state index is 0.591. The van der Waals surface area contributed by atoms with Gasteiger partial charge in [0, 0.05) is 44.3 Å². The molecule has 0 radical (unpaired) electrons. The third kappa shape index (κ3) is 2.82. The minimum atomic E-state index is 0.591. The number of piperazine rings is 1. The van der Waals surface area contributed by atoms with Crippen LogP contribution in [0.2, 0.25) is 0 Å². The Hall–Kier alpha value is -1.10. The van der Waals surface area contributed by atoms with Crippen LogP contribution in [0.15, 0.2) is 18.2 Å². The maximum Gasteiger partial charge on any atom is 0.123 e. The average Bonchev–Trinajstić information content (AvgIpc) is 2.94. The number of ether oxygens (including phenoxy) is 1. The molecule has 3 rings (SSSR count). The molecule has 0 aromatic heterocycles. The molecular formula is C16H25N3O. The van der Waals surface area contributed by atoms with Crippen molar-refractivity contribution in [1.29, 1.82) is 0 Å². The minimum Gasteiger partial charge on any atom is -0.496 e. The molecule has 0 amide bonds. The van der Waals surface area contributed by atoms with Gasteiger partial charge >= 0.3 is 0 Å².